The quantitative estimate of drug-likeness (QED) is 0.169. The summed E-state index contributed by atoms with van der Waals surface area (Å²) in [7, 11) is 1.50. The summed E-state index contributed by atoms with van der Waals surface area (Å²) < 4.78 is 0. The molecule has 0 heterocycles. The van der Waals surface area contributed by atoms with Crippen molar-refractivity contribution in [3.05, 3.63) is 48.2 Å². The van der Waals surface area contributed by atoms with E-state index in [9.17, 15) is 0 Å². The van der Waals surface area contributed by atoms with Gasteiger partial charge >= 0.3 is 0 Å². The van der Waals surface area contributed by atoms with Gasteiger partial charge in [0.2, 0.25) is 0 Å². The minimum atomic E-state index is 0.489. The molecule has 0 aromatic carbocycles. The van der Waals surface area contributed by atoms with Crippen molar-refractivity contribution in [1.82, 2.24) is 0 Å². The third-order valence-corrected chi connectivity index (χ3v) is 12.7. The first-order valence-corrected chi connectivity index (χ1v) is 20.4. The first kappa shape index (κ1) is 48.8. The molecule has 3 heteroatoms. The van der Waals surface area contributed by atoms with E-state index in [4.69, 9.17) is 5.73 Å². The second-order valence-corrected chi connectivity index (χ2v) is 15.7. The molecule has 0 amide bonds. The van der Waals surface area contributed by atoms with Crippen LogP contribution >= 0.6 is 0 Å². The lowest BCUT2D eigenvalue weighted by atomic mass is 9.37. The van der Waals surface area contributed by atoms with Crippen LogP contribution in [0.3, 0.4) is 0 Å². The summed E-state index contributed by atoms with van der Waals surface area (Å²) in [4.78, 5) is 0. The SMILES string of the molecule is C=CC.C=CN.CC.CC.CC(C)=CCC/C(CCCCCCN)=C1/C(C)CC2(C)C1CCC1C3(C)CCC(C)CC3CCC12C.CN. The summed E-state index contributed by atoms with van der Waals surface area (Å²) in [5.74, 6) is 4.49. The summed E-state index contributed by atoms with van der Waals surface area (Å²) in [6.45, 7) is 35.2. The van der Waals surface area contributed by atoms with Crippen LogP contribution in [0, 0.1) is 45.8 Å². The molecule has 0 aliphatic heterocycles. The molecular formula is C45H89N3. The van der Waals surface area contributed by atoms with Crippen LogP contribution in [-0.2, 0) is 0 Å². The third-order valence-electron chi connectivity index (χ3n) is 12.7. The number of allylic oxidation sites excluding steroid dienone is 5. The fraction of sp³-hybridized carbons (Fsp3) is 0.822. The predicted molar refractivity (Wildman–Crippen MR) is 221 cm³/mol. The molecule has 4 aliphatic carbocycles. The van der Waals surface area contributed by atoms with Gasteiger partial charge in [0, 0.05) is 0 Å². The van der Waals surface area contributed by atoms with Gasteiger partial charge in [-0.2, -0.15) is 0 Å². The molecule has 0 spiro atoms. The molecule has 0 radical (unpaired) electrons. The Hall–Kier alpha value is -1.32. The predicted octanol–water partition coefficient (Wildman–Crippen LogP) is 13.2. The number of hydrogen-bond acceptors (Lipinski definition) is 3. The second-order valence-electron chi connectivity index (χ2n) is 15.7. The standard InChI is InChI=1S/C35H61N.C3H6.C2H5N.2C2H6.CH5N/c1-25(2)13-12-15-28(14-10-8-9-11-22-36)32-27(4)24-35(7)30(32)16-17-31-33(5)20-18-26(3)23-29(33)19-21-34(31,35)6;1-3-2;1-2-3;3*1-2/h13,26-27,29-31H,8-12,14-24,36H2,1-7H3;3H,1H2,2H3;2H,1,3H2;2*1-2H3;2H2,1H3/b32-28-;;;;;. The van der Waals surface area contributed by atoms with Crippen LogP contribution in [-0.4, -0.2) is 13.6 Å². The molecule has 4 aliphatic rings. The maximum Gasteiger partial charge on any atom is -0.00773 e. The van der Waals surface area contributed by atoms with Crippen molar-refractivity contribution in [1.29, 1.82) is 0 Å². The minimum absolute atomic E-state index is 0.489. The Balaban J connectivity index is 0. The zero-order chi connectivity index (χ0) is 37.6. The second kappa shape index (κ2) is 25.6. The summed E-state index contributed by atoms with van der Waals surface area (Å²) in [5, 5.41) is 0. The fourth-order valence-corrected chi connectivity index (χ4v) is 10.6. The molecule has 0 bridgehead atoms. The van der Waals surface area contributed by atoms with Gasteiger partial charge in [-0.3, -0.25) is 0 Å². The molecular weight excluding hydrogens is 583 g/mol. The van der Waals surface area contributed by atoms with E-state index in [1.165, 1.54) is 115 Å². The smallest absolute Gasteiger partial charge is 0.00773 e. The lowest BCUT2D eigenvalue weighted by Crippen LogP contribution is -2.59. The first-order chi connectivity index (χ1) is 22.9. The van der Waals surface area contributed by atoms with E-state index >= 15 is 0 Å². The zero-order valence-electron chi connectivity index (χ0n) is 35.1. The molecule has 0 saturated heterocycles. The Morgan fingerprint density at radius 1 is 0.833 bits per heavy atom. The van der Waals surface area contributed by atoms with E-state index in [0.29, 0.717) is 16.2 Å². The maximum atomic E-state index is 5.78. The highest BCUT2D eigenvalue weighted by Crippen LogP contribution is 2.74. The molecule has 4 fully saturated rings. The lowest BCUT2D eigenvalue weighted by Gasteiger charge is -2.67. The Bertz CT molecular complexity index is 907. The molecule has 4 rings (SSSR count). The fourth-order valence-electron chi connectivity index (χ4n) is 10.6. The van der Waals surface area contributed by atoms with Gasteiger partial charge in [0.15, 0.2) is 0 Å². The van der Waals surface area contributed by atoms with Crippen LogP contribution in [0.15, 0.2) is 48.2 Å². The first-order valence-electron chi connectivity index (χ1n) is 20.4. The molecule has 0 aromatic heterocycles. The van der Waals surface area contributed by atoms with E-state index in [-0.39, 0.29) is 0 Å². The van der Waals surface area contributed by atoms with Gasteiger partial charge in [-0.05, 0) is 163 Å². The molecule has 3 nitrogen and oxygen atoms in total. The molecule has 284 valence electrons. The van der Waals surface area contributed by atoms with Gasteiger partial charge in [0.1, 0.15) is 0 Å². The summed E-state index contributed by atoms with van der Waals surface area (Å²) >= 11 is 0. The van der Waals surface area contributed by atoms with Crippen molar-refractivity contribution in [2.75, 3.05) is 13.6 Å². The maximum absolute atomic E-state index is 5.78. The van der Waals surface area contributed by atoms with Gasteiger partial charge in [0.05, 0.1) is 0 Å². The van der Waals surface area contributed by atoms with E-state index < -0.39 is 0 Å². The van der Waals surface area contributed by atoms with Crippen LogP contribution in [0.1, 0.15) is 179 Å². The van der Waals surface area contributed by atoms with Crippen molar-refractivity contribution in [3.8, 4) is 0 Å². The monoisotopic (exact) mass is 672 g/mol. The molecule has 8 atom stereocenters. The van der Waals surface area contributed by atoms with Gasteiger partial charge in [-0.15, -0.1) is 6.58 Å². The number of rotatable bonds is 9. The number of hydrogen-bond donors (Lipinski definition) is 3. The highest BCUT2D eigenvalue weighted by molar-refractivity contribution is 5.31. The summed E-state index contributed by atoms with van der Waals surface area (Å²) in [6.07, 6.45) is 26.4. The van der Waals surface area contributed by atoms with E-state index in [1.54, 1.807) is 6.08 Å². The highest BCUT2D eigenvalue weighted by Gasteiger charge is 2.66. The van der Waals surface area contributed by atoms with Crippen LogP contribution in [0.5, 0.6) is 0 Å². The van der Waals surface area contributed by atoms with Gasteiger partial charge in [-0.25, -0.2) is 0 Å². The largest absolute Gasteiger partial charge is 0.405 e. The molecule has 8 unspecified atom stereocenters. The Kier molecular flexibility index (Phi) is 26.0. The van der Waals surface area contributed by atoms with Crippen molar-refractivity contribution < 1.29 is 0 Å². The van der Waals surface area contributed by atoms with Gasteiger partial charge in [-0.1, -0.05) is 117 Å². The minimum Gasteiger partial charge on any atom is -0.405 e. The van der Waals surface area contributed by atoms with Crippen molar-refractivity contribution in [2.45, 2.75) is 179 Å². The molecule has 4 saturated carbocycles. The van der Waals surface area contributed by atoms with Crippen molar-refractivity contribution in [3.63, 3.8) is 0 Å². The zero-order valence-corrected chi connectivity index (χ0v) is 35.1. The van der Waals surface area contributed by atoms with Crippen LogP contribution in [0.2, 0.25) is 0 Å². The lowest BCUT2D eigenvalue weighted by molar-refractivity contribution is -0.178. The number of fused-ring (bicyclic) bond motifs is 5. The van der Waals surface area contributed by atoms with Crippen LogP contribution < -0.4 is 17.2 Å². The molecule has 0 aromatic rings. The van der Waals surface area contributed by atoms with E-state index in [0.717, 1.165) is 36.1 Å². The highest BCUT2D eigenvalue weighted by atomic mass is 14.7. The van der Waals surface area contributed by atoms with Crippen LogP contribution in [0.25, 0.3) is 0 Å². The van der Waals surface area contributed by atoms with Gasteiger partial charge < -0.3 is 17.2 Å². The van der Waals surface area contributed by atoms with Crippen molar-refractivity contribution in [2.24, 2.45) is 63.0 Å². The number of nitrogens with two attached hydrogens (primary N) is 3. The third kappa shape index (κ3) is 12.5. The molecule has 48 heavy (non-hydrogen) atoms. The normalized spacial score (nSPS) is 33.4. The van der Waals surface area contributed by atoms with E-state index in [1.807, 2.05) is 45.8 Å². The summed E-state index contributed by atoms with van der Waals surface area (Å²) in [6, 6.07) is 0. The van der Waals surface area contributed by atoms with Gasteiger partial charge in [0.25, 0.3) is 0 Å². The Morgan fingerprint density at radius 3 is 1.94 bits per heavy atom. The van der Waals surface area contributed by atoms with Crippen molar-refractivity contribution >= 4 is 0 Å². The molecule has 6 N–H and O–H groups in total. The topological polar surface area (TPSA) is 78.1 Å². The Morgan fingerprint density at radius 2 is 1.40 bits per heavy atom. The average Bonchev–Trinajstić information content (AvgIpc) is 3.34. The van der Waals surface area contributed by atoms with E-state index in [2.05, 4.69) is 79.2 Å². The number of unbranched alkanes of at least 4 members (excludes halogenated alkanes) is 3. The van der Waals surface area contributed by atoms with Crippen LogP contribution in [0.4, 0.5) is 0 Å². The average molecular weight is 672 g/mol. The Labute approximate surface area is 303 Å². The summed E-state index contributed by atoms with van der Waals surface area (Å²) in [5.41, 5.74) is 21.8.